The highest BCUT2D eigenvalue weighted by Gasteiger charge is 2.69. The van der Waals surface area contributed by atoms with Gasteiger partial charge >= 0.3 is 0 Å². The molecule has 0 bridgehead atoms. The predicted molar refractivity (Wildman–Crippen MR) is 186 cm³/mol. The van der Waals surface area contributed by atoms with E-state index in [1.54, 1.807) is 7.11 Å². The van der Waals surface area contributed by atoms with Gasteiger partial charge in [0.15, 0.2) is 18.4 Å². The van der Waals surface area contributed by atoms with E-state index in [4.69, 9.17) is 28.4 Å². The molecule has 3 aliphatic heterocycles. The lowest BCUT2D eigenvalue weighted by Gasteiger charge is -2.62. The number of Topliss-reactive ketones (excluding diaryl/α,β-unsaturated/α-hetero) is 1. The van der Waals surface area contributed by atoms with Gasteiger partial charge in [0.05, 0.1) is 32.0 Å². The third kappa shape index (κ3) is 6.76. The number of carbonyl (C=O) groups is 1. The second-order valence-corrected chi connectivity index (χ2v) is 18.3. The van der Waals surface area contributed by atoms with Gasteiger partial charge in [0.2, 0.25) is 0 Å². The molecule has 14 nitrogen and oxygen atoms in total. The minimum atomic E-state index is -1.49. The highest BCUT2D eigenvalue weighted by molar-refractivity contribution is 5.79. The summed E-state index contributed by atoms with van der Waals surface area (Å²) in [6.45, 7) is 8.63. The fourth-order valence-electron chi connectivity index (χ4n) is 12.6. The zero-order valence-corrected chi connectivity index (χ0v) is 31.9. The van der Waals surface area contributed by atoms with E-state index in [2.05, 4.69) is 20.8 Å². The maximum absolute atomic E-state index is 12.9. The normalized spacial score (nSPS) is 54.5. The van der Waals surface area contributed by atoms with Crippen LogP contribution in [-0.2, 0) is 33.2 Å². The molecule has 14 heteroatoms. The van der Waals surface area contributed by atoms with Crippen molar-refractivity contribution in [3.8, 4) is 0 Å². The van der Waals surface area contributed by atoms with Crippen molar-refractivity contribution in [1.29, 1.82) is 0 Å². The lowest BCUT2D eigenvalue weighted by atomic mass is 9.43. The van der Waals surface area contributed by atoms with E-state index in [0.29, 0.717) is 43.4 Å². The first kappa shape index (κ1) is 40.4. The third-order valence-corrected chi connectivity index (χ3v) is 15.6. The smallest absolute Gasteiger partial charge is 0.186 e. The van der Waals surface area contributed by atoms with E-state index >= 15 is 0 Å². The number of ketones is 1. The Balaban J connectivity index is 1.03. The SMILES string of the molecule is COC1(CCC(C)COC2OC(CO)C(O)C(O)C2O)OC2CC3C4CC(OC5OCC(O)C(O)C5O)C5CC(=O)CCC5(C)C4CCC3(C)C2C1C. The molecule has 21 unspecified atom stereocenters. The molecule has 4 saturated carbocycles. The van der Waals surface area contributed by atoms with Crippen LogP contribution in [-0.4, -0.2) is 142 Å². The number of rotatable bonds is 10. The highest BCUT2D eigenvalue weighted by Crippen LogP contribution is 2.71. The number of fused-ring (bicyclic) bond motifs is 7. The molecule has 304 valence electrons. The average Bonchev–Trinajstić information content (AvgIpc) is 3.59. The first-order valence-electron chi connectivity index (χ1n) is 20.1. The fourth-order valence-corrected chi connectivity index (χ4v) is 12.6. The minimum Gasteiger partial charge on any atom is -0.394 e. The van der Waals surface area contributed by atoms with Crippen molar-refractivity contribution in [2.45, 2.75) is 159 Å². The Morgan fingerprint density at radius 3 is 2.36 bits per heavy atom. The van der Waals surface area contributed by atoms with Crippen molar-refractivity contribution < 1.29 is 69.0 Å². The third-order valence-electron chi connectivity index (χ3n) is 15.6. The van der Waals surface area contributed by atoms with Crippen LogP contribution in [0.3, 0.4) is 0 Å². The van der Waals surface area contributed by atoms with Gasteiger partial charge in [-0.2, -0.15) is 0 Å². The maximum Gasteiger partial charge on any atom is 0.186 e. The molecule has 0 radical (unpaired) electrons. The van der Waals surface area contributed by atoms with Crippen LogP contribution in [0, 0.1) is 52.3 Å². The summed E-state index contributed by atoms with van der Waals surface area (Å²) in [6, 6.07) is 0. The van der Waals surface area contributed by atoms with Gasteiger partial charge < -0.3 is 64.2 Å². The number of carbonyl (C=O) groups excluding carboxylic acids is 1. The predicted octanol–water partition coefficient (Wildman–Crippen LogP) is 0.869. The molecule has 7 N–H and O–H groups in total. The van der Waals surface area contributed by atoms with Crippen molar-refractivity contribution >= 4 is 5.78 Å². The van der Waals surface area contributed by atoms with Gasteiger partial charge in [0.25, 0.3) is 0 Å². The molecule has 0 aromatic carbocycles. The van der Waals surface area contributed by atoms with Crippen LogP contribution in [0.1, 0.15) is 85.5 Å². The summed E-state index contributed by atoms with van der Waals surface area (Å²) in [6.07, 6.45) is -5.01. The van der Waals surface area contributed by atoms with Crippen LogP contribution in [0.5, 0.6) is 0 Å². The Bertz CT molecular complexity index is 1300. The van der Waals surface area contributed by atoms with Crippen LogP contribution in [0.25, 0.3) is 0 Å². The van der Waals surface area contributed by atoms with Gasteiger partial charge in [0, 0.05) is 32.3 Å². The molecular formula is C39H64O14. The minimum absolute atomic E-state index is 0.0112. The zero-order valence-electron chi connectivity index (χ0n) is 31.9. The summed E-state index contributed by atoms with van der Waals surface area (Å²) in [5.41, 5.74) is -0.127. The second kappa shape index (κ2) is 15.1. The van der Waals surface area contributed by atoms with Gasteiger partial charge in [0.1, 0.15) is 48.5 Å². The van der Waals surface area contributed by atoms with Crippen molar-refractivity contribution in [3.63, 3.8) is 0 Å². The summed E-state index contributed by atoms with van der Waals surface area (Å²) in [5, 5.41) is 71.4. The number of hydrogen-bond acceptors (Lipinski definition) is 14. The molecule has 53 heavy (non-hydrogen) atoms. The molecule has 0 spiro atoms. The largest absolute Gasteiger partial charge is 0.394 e. The van der Waals surface area contributed by atoms with E-state index in [0.717, 1.165) is 32.1 Å². The first-order chi connectivity index (χ1) is 25.1. The Morgan fingerprint density at radius 2 is 1.64 bits per heavy atom. The van der Waals surface area contributed by atoms with Crippen molar-refractivity contribution in [3.05, 3.63) is 0 Å². The number of aliphatic hydroxyl groups is 7. The van der Waals surface area contributed by atoms with Crippen LogP contribution in [0.2, 0.25) is 0 Å². The highest BCUT2D eigenvalue weighted by atomic mass is 16.7. The quantitative estimate of drug-likeness (QED) is 0.154. The lowest BCUT2D eigenvalue weighted by Crippen LogP contribution is -2.61. The molecule has 7 rings (SSSR count). The fraction of sp³-hybridized carbons (Fsp3) is 0.974. The number of ether oxygens (including phenoxy) is 6. The molecule has 3 heterocycles. The van der Waals surface area contributed by atoms with Crippen molar-refractivity contribution in [2.75, 3.05) is 26.9 Å². The van der Waals surface area contributed by atoms with Crippen LogP contribution in [0.4, 0.5) is 0 Å². The van der Waals surface area contributed by atoms with Crippen LogP contribution >= 0.6 is 0 Å². The number of methoxy groups -OCH3 is 1. The topological polar surface area (TPSA) is 214 Å². The zero-order chi connectivity index (χ0) is 38.2. The van der Waals surface area contributed by atoms with Gasteiger partial charge in [-0.1, -0.05) is 27.7 Å². The summed E-state index contributed by atoms with van der Waals surface area (Å²) in [4.78, 5) is 12.9. The van der Waals surface area contributed by atoms with Gasteiger partial charge in [-0.3, -0.25) is 4.79 Å². The average molecular weight is 757 g/mol. The van der Waals surface area contributed by atoms with Crippen molar-refractivity contribution in [1.82, 2.24) is 0 Å². The maximum atomic E-state index is 12.9. The standard InChI is InChI=1S/C39H64O14/c1-18(16-49-36-34(47)32(45)31(44)28(15-40)52-36)6-11-39(48-5)19(2)29-27(53-39)14-23-21-13-26(51-35-33(46)30(43)25(42)17-50-35)24-12-20(41)7-9-37(24,3)22(21)8-10-38(23,29)4/h18-19,21-36,40,42-47H,6-17H2,1-5H3. The second-order valence-electron chi connectivity index (χ2n) is 18.3. The van der Waals surface area contributed by atoms with Crippen LogP contribution in [0.15, 0.2) is 0 Å². The van der Waals surface area contributed by atoms with Gasteiger partial charge in [-0.15, -0.1) is 0 Å². The summed E-state index contributed by atoms with van der Waals surface area (Å²) in [7, 11) is 1.72. The lowest BCUT2D eigenvalue weighted by molar-refractivity contribution is -0.303. The van der Waals surface area contributed by atoms with Gasteiger partial charge in [-0.05, 0) is 84.9 Å². The first-order valence-corrected chi connectivity index (χ1v) is 20.1. The molecule has 0 aromatic rings. The molecule has 21 atom stereocenters. The molecular weight excluding hydrogens is 692 g/mol. The molecule has 0 aromatic heterocycles. The van der Waals surface area contributed by atoms with E-state index in [9.17, 15) is 40.5 Å². The van der Waals surface area contributed by atoms with E-state index < -0.39 is 67.7 Å². The molecule has 4 aliphatic carbocycles. The van der Waals surface area contributed by atoms with Crippen LogP contribution < -0.4 is 0 Å². The Labute approximate surface area is 312 Å². The Hall–Kier alpha value is -0.850. The Morgan fingerprint density at radius 1 is 0.906 bits per heavy atom. The van der Waals surface area contributed by atoms with E-state index in [-0.39, 0.29) is 65.7 Å². The van der Waals surface area contributed by atoms with Crippen molar-refractivity contribution in [2.24, 2.45) is 52.3 Å². The molecule has 7 aliphatic rings. The molecule has 3 saturated heterocycles. The molecule has 0 amide bonds. The van der Waals surface area contributed by atoms with Gasteiger partial charge in [-0.25, -0.2) is 0 Å². The number of hydrogen-bond donors (Lipinski definition) is 7. The summed E-state index contributed by atoms with van der Waals surface area (Å²) in [5.74, 6) is 0.954. The summed E-state index contributed by atoms with van der Waals surface area (Å²) < 4.78 is 37.0. The Kier molecular flexibility index (Phi) is 11.5. The summed E-state index contributed by atoms with van der Waals surface area (Å²) >= 11 is 0. The number of aliphatic hydroxyl groups excluding tert-OH is 7. The van der Waals surface area contributed by atoms with E-state index in [1.165, 1.54) is 0 Å². The molecule has 7 fully saturated rings. The monoisotopic (exact) mass is 756 g/mol. The van der Waals surface area contributed by atoms with E-state index in [1.807, 2.05) is 6.92 Å².